The molecule has 0 bridgehead atoms. The van der Waals surface area contributed by atoms with Crippen LogP contribution < -0.4 is 16.0 Å². The number of hydrogen-bond acceptors (Lipinski definition) is 5. The Morgan fingerprint density at radius 1 is 1.06 bits per heavy atom. The van der Waals surface area contributed by atoms with Crippen LogP contribution in [-0.4, -0.2) is 52.9 Å². The molecule has 1 unspecified atom stereocenters. The standard InChI is InChI=1S/C23H34N4O5/c1-22(2,3)27-14-15(12-19(27)29)20(30)26-17-9-7-8-16(13-17)25-18(28)10-11-24-21(31)32-23(4,5)6/h7-9,13,15H,10-12,14H2,1-6H3,(H,24,31)(H,25,28)(H,26,30). The minimum absolute atomic E-state index is 0.0290. The van der Waals surface area contributed by atoms with Gasteiger partial charge in [-0.05, 0) is 59.7 Å². The van der Waals surface area contributed by atoms with Crippen LogP contribution in [0.25, 0.3) is 0 Å². The monoisotopic (exact) mass is 446 g/mol. The van der Waals surface area contributed by atoms with Crippen molar-refractivity contribution in [3.63, 3.8) is 0 Å². The van der Waals surface area contributed by atoms with Gasteiger partial charge in [0.1, 0.15) is 5.60 Å². The van der Waals surface area contributed by atoms with Crippen molar-refractivity contribution in [1.82, 2.24) is 10.2 Å². The number of anilines is 2. The average molecular weight is 447 g/mol. The summed E-state index contributed by atoms with van der Waals surface area (Å²) in [6.07, 6.45) is -0.322. The largest absolute Gasteiger partial charge is 0.444 e. The van der Waals surface area contributed by atoms with Gasteiger partial charge in [0.05, 0.1) is 5.92 Å². The van der Waals surface area contributed by atoms with Crippen LogP contribution in [0.5, 0.6) is 0 Å². The molecule has 32 heavy (non-hydrogen) atoms. The van der Waals surface area contributed by atoms with Crippen LogP contribution in [0.15, 0.2) is 24.3 Å². The Balaban J connectivity index is 1.84. The van der Waals surface area contributed by atoms with Crippen LogP contribution in [0, 0.1) is 5.92 Å². The van der Waals surface area contributed by atoms with Crippen LogP contribution in [-0.2, 0) is 19.1 Å². The lowest BCUT2D eigenvalue weighted by Gasteiger charge is -2.31. The first kappa shape index (κ1) is 25.2. The van der Waals surface area contributed by atoms with Crippen molar-refractivity contribution in [2.45, 2.75) is 65.5 Å². The lowest BCUT2D eigenvalue weighted by Crippen LogP contribution is -2.42. The van der Waals surface area contributed by atoms with E-state index in [1.165, 1.54) is 0 Å². The number of nitrogens with one attached hydrogen (secondary N) is 3. The third-order valence-corrected chi connectivity index (χ3v) is 4.74. The van der Waals surface area contributed by atoms with Crippen molar-refractivity contribution in [3.05, 3.63) is 24.3 Å². The third kappa shape index (κ3) is 7.86. The van der Waals surface area contributed by atoms with Gasteiger partial charge in [0.15, 0.2) is 0 Å². The molecule has 0 saturated carbocycles. The summed E-state index contributed by atoms with van der Waals surface area (Å²) >= 11 is 0. The van der Waals surface area contributed by atoms with Crippen molar-refractivity contribution in [2.24, 2.45) is 5.92 Å². The molecule has 0 aliphatic carbocycles. The molecule has 1 heterocycles. The van der Waals surface area contributed by atoms with Crippen molar-refractivity contribution in [2.75, 3.05) is 23.7 Å². The van der Waals surface area contributed by atoms with E-state index in [4.69, 9.17) is 4.74 Å². The summed E-state index contributed by atoms with van der Waals surface area (Å²) < 4.78 is 5.12. The molecule has 1 aliphatic heterocycles. The molecular formula is C23H34N4O5. The van der Waals surface area contributed by atoms with Crippen LogP contribution >= 0.6 is 0 Å². The maximum absolute atomic E-state index is 12.6. The highest BCUT2D eigenvalue weighted by Gasteiger charge is 2.39. The first-order chi connectivity index (χ1) is 14.7. The van der Waals surface area contributed by atoms with Gasteiger partial charge >= 0.3 is 6.09 Å². The van der Waals surface area contributed by atoms with Crippen molar-refractivity contribution in [3.8, 4) is 0 Å². The fraction of sp³-hybridized carbons (Fsp3) is 0.565. The molecule has 1 aromatic rings. The number of rotatable bonds is 6. The molecule has 0 spiro atoms. The summed E-state index contributed by atoms with van der Waals surface area (Å²) in [5.74, 6) is -0.959. The molecular weight excluding hydrogens is 412 g/mol. The number of nitrogens with zero attached hydrogens (tertiary/aromatic N) is 1. The van der Waals surface area contributed by atoms with Crippen LogP contribution in [0.4, 0.5) is 16.2 Å². The highest BCUT2D eigenvalue weighted by molar-refractivity contribution is 5.98. The number of alkyl carbamates (subject to hydrolysis) is 1. The van der Waals surface area contributed by atoms with E-state index in [-0.39, 0.29) is 42.6 Å². The van der Waals surface area contributed by atoms with Gasteiger partial charge < -0.3 is 25.6 Å². The van der Waals surface area contributed by atoms with Gasteiger partial charge in [-0.3, -0.25) is 14.4 Å². The second-order valence-corrected chi connectivity index (χ2v) is 9.87. The molecule has 4 amide bonds. The minimum Gasteiger partial charge on any atom is -0.444 e. The summed E-state index contributed by atoms with van der Waals surface area (Å²) in [5.41, 5.74) is 0.119. The topological polar surface area (TPSA) is 117 Å². The number of carbonyl (C=O) groups is 4. The van der Waals surface area contributed by atoms with Crippen molar-refractivity contribution >= 4 is 35.2 Å². The summed E-state index contributed by atoms with van der Waals surface area (Å²) in [6, 6.07) is 6.78. The summed E-state index contributed by atoms with van der Waals surface area (Å²) in [4.78, 5) is 50.4. The van der Waals surface area contributed by atoms with Crippen molar-refractivity contribution in [1.29, 1.82) is 0 Å². The molecule has 1 aromatic carbocycles. The van der Waals surface area contributed by atoms with Crippen LogP contribution in [0.3, 0.4) is 0 Å². The summed E-state index contributed by atoms with van der Waals surface area (Å²) in [7, 11) is 0. The van der Waals surface area contributed by atoms with E-state index in [1.54, 1.807) is 49.9 Å². The Morgan fingerprint density at radius 3 is 2.25 bits per heavy atom. The van der Waals surface area contributed by atoms with Gasteiger partial charge in [-0.25, -0.2) is 4.79 Å². The molecule has 9 nitrogen and oxygen atoms in total. The Morgan fingerprint density at radius 2 is 1.69 bits per heavy atom. The molecule has 2 rings (SSSR count). The Hall–Kier alpha value is -3.10. The molecule has 9 heteroatoms. The zero-order chi connectivity index (χ0) is 24.1. The molecule has 0 radical (unpaired) electrons. The summed E-state index contributed by atoms with van der Waals surface area (Å²) in [5, 5.41) is 8.10. The van der Waals surface area contributed by atoms with Gasteiger partial charge in [0.25, 0.3) is 0 Å². The minimum atomic E-state index is -0.603. The lowest BCUT2D eigenvalue weighted by molar-refractivity contribution is -0.131. The Labute approximate surface area is 189 Å². The average Bonchev–Trinajstić information content (AvgIpc) is 3.03. The van der Waals surface area contributed by atoms with Gasteiger partial charge in [0, 0.05) is 42.8 Å². The van der Waals surface area contributed by atoms with E-state index in [0.29, 0.717) is 17.9 Å². The van der Waals surface area contributed by atoms with Crippen LogP contribution in [0.1, 0.15) is 54.4 Å². The lowest BCUT2D eigenvalue weighted by atomic mass is 10.1. The number of ether oxygens (including phenoxy) is 1. The molecule has 1 aliphatic rings. The van der Waals surface area contributed by atoms with Gasteiger partial charge in [0.2, 0.25) is 17.7 Å². The number of hydrogen-bond donors (Lipinski definition) is 3. The fourth-order valence-electron chi connectivity index (χ4n) is 3.27. The SMILES string of the molecule is CC(C)(C)OC(=O)NCCC(=O)Nc1cccc(NC(=O)C2CC(=O)N(C(C)(C)C)C2)c1. The maximum Gasteiger partial charge on any atom is 0.407 e. The Kier molecular flexibility index (Phi) is 7.87. The van der Waals surface area contributed by atoms with E-state index in [2.05, 4.69) is 16.0 Å². The second kappa shape index (κ2) is 10.0. The smallest absolute Gasteiger partial charge is 0.407 e. The highest BCUT2D eigenvalue weighted by Crippen LogP contribution is 2.27. The second-order valence-electron chi connectivity index (χ2n) is 9.87. The molecule has 3 N–H and O–H groups in total. The normalized spacial score (nSPS) is 16.5. The third-order valence-electron chi connectivity index (χ3n) is 4.74. The predicted octanol–water partition coefficient (Wildman–Crippen LogP) is 3.13. The number of amides is 4. The van der Waals surface area contributed by atoms with Gasteiger partial charge in [-0.1, -0.05) is 6.07 Å². The molecule has 1 atom stereocenters. The Bertz CT molecular complexity index is 870. The first-order valence-electron chi connectivity index (χ1n) is 10.7. The summed E-state index contributed by atoms with van der Waals surface area (Å²) in [6.45, 7) is 11.6. The molecule has 1 fully saturated rings. The van der Waals surface area contributed by atoms with Gasteiger partial charge in [-0.2, -0.15) is 0 Å². The first-order valence-corrected chi connectivity index (χ1v) is 10.7. The number of carbonyl (C=O) groups excluding carboxylic acids is 4. The number of likely N-dealkylation sites (tertiary alicyclic amines) is 1. The van der Waals surface area contributed by atoms with E-state index < -0.39 is 17.6 Å². The molecule has 1 saturated heterocycles. The van der Waals surface area contributed by atoms with E-state index >= 15 is 0 Å². The van der Waals surface area contributed by atoms with E-state index in [1.807, 2.05) is 20.8 Å². The number of benzene rings is 1. The van der Waals surface area contributed by atoms with Crippen molar-refractivity contribution < 1.29 is 23.9 Å². The molecule has 176 valence electrons. The van der Waals surface area contributed by atoms with Crippen LogP contribution in [0.2, 0.25) is 0 Å². The van der Waals surface area contributed by atoms with E-state index in [0.717, 1.165) is 0 Å². The van der Waals surface area contributed by atoms with Gasteiger partial charge in [-0.15, -0.1) is 0 Å². The maximum atomic E-state index is 12.6. The zero-order valence-corrected chi connectivity index (χ0v) is 19.7. The van der Waals surface area contributed by atoms with E-state index in [9.17, 15) is 19.2 Å². The molecule has 0 aromatic heterocycles. The highest BCUT2D eigenvalue weighted by atomic mass is 16.6. The fourth-order valence-corrected chi connectivity index (χ4v) is 3.27. The predicted molar refractivity (Wildman–Crippen MR) is 122 cm³/mol. The quantitative estimate of drug-likeness (QED) is 0.621. The zero-order valence-electron chi connectivity index (χ0n) is 19.7.